The van der Waals surface area contributed by atoms with Crippen LogP contribution >= 0.6 is 0 Å². The Morgan fingerprint density at radius 3 is 2.33 bits per heavy atom. The highest BCUT2D eigenvalue weighted by Gasteiger charge is 2.27. The zero-order valence-electron chi connectivity index (χ0n) is 11.3. The maximum Gasteiger partial charge on any atom is 0.146 e. The van der Waals surface area contributed by atoms with E-state index in [0.717, 1.165) is 25.7 Å². The number of rotatable bonds is 2. The molecule has 100 valence electrons. The molecule has 2 rings (SSSR count). The van der Waals surface area contributed by atoms with Crippen LogP contribution in [-0.2, 0) is 0 Å². The Hall–Kier alpha value is -1.12. The molecule has 1 aliphatic carbocycles. The third-order valence-electron chi connectivity index (χ3n) is 3.95. The zero-order valence-corrected chi connectivity index (χ0v) is 11.3. The molecule has 0 heterocycles. The van der Waals surface area contributed by atoms with E-state index in [0.29, 0.717) is 16.7 Å². The largest absolute Gasteiger partial charge is 0.380 e. The first-order valence-corrected chi connectivity index (χ1v) is 6.59. The summed E-state index contributed by atoms with van der Waals surface area (Å²) in [5.41, 5.74) is 1.03. The first kappa shape index (κ1) is 13.3. The quantitative estimate of drug-likeness (QED) is 0.808. The van der Waals surface area contributed by atoms with Crippen molar-refractivity contribution in [1.29, 1.82) is 0 Å². The summed E-state index contributed by atoms with van der Waals surface area (Å²) < 4.78 is 27.1. The molecule has 0 unspecified atom stereocenters. The Balaban J connectivity index is 2.04. The van der Waals surface area contributed by atoms with Gasteiger partial charge in [0.15, 0.2) is 0 Å². The predicted molar refractivity (Wildman–Crippen MR) is 70.8 cm³/mol. The van der Waals surface area contributed by atoms with Crippen LogP contribution in [0.15, 0.2) is 12.1 Å². The molecule has 0 spiro atoms. The SMILES string of the molecule is Cc1cc(F)c(NC2CCC(C)(C)CC2)cc1F. The van der Waals surface area contributed by atoms with Gasteiger partial charge in [-0.05, 0) is 49.7 Å². The summed E-state index contributed by atoms with van der Waals surface area (Å²) in [6.45, 7) is 6.09. The third kappa shape index (κ3) is 3.01. The normalized spacial score (nSPS) is 19.8. The van der Waals surface area contributed by atoms with Crippen LogP contribution in [0.4, 0.5) is 14.5 Å². The summed E-state index contributed by atoms with van der Waals surface area (Å²) in [5.74, 6) is -0.714. The summed E-state index contributed by atoms with van der Waals surface area (Å²) in [4.78, 5) is 0. The van der Waals surface area contributed by atoms with Gasteiger partial charge in [-0.15, -0.1) is 0 Å². The molecule has 0 atom stereocenters. The number of hydrogen-bond acceptors (Lipinski definition) is 1. The van der Waals surface area contributed by atoms with Crippen molar-refractivity contribution in [2.45, 2.75) is 52.5 Å². The molecule has 18 heavy (non-hydrogen) atoms. The van der Waals surface area contributed by atoms with E-state index in [2.05, 4.69) is 19.2 Å². The lowest BCUT2D eigenvalue weighted by Gasteiger charge is -2.35. The first-order chi connectivity index (χ1) is 8.37. The molecule has 1 aromatic rings. The second kappa shape index (κ2) is 4.87. The highest BCUT2D eigenvalue weighted by Crippen LogP contribution is 2.36. The lowest BCUT2D eigenvalue weighted by molar-refractivity contribution is 0.232. The first-order valence-electron chi connectivity index (χ1n) is 6.59. The van der Waals surface area contributed by atoms with Gasteiger partial charge < -0.3 is 5.32 Å². The van der Waals surface area contributed by atoms with E-state index in [9.17, 15) is 8.78 Å². The van der Waals surface area contributed by atoms with Crippen LogP contribution in [0.2, 0.25) is 0 Å². The lowest BCUT2D eigenvalue weighted by Crippen LogP contribution is -2.30. The van der Waals surface area contributed by atoms with Crippen LogP contribution < -0.4 is 5.32 Å². The highest BCUT2D eigenvalue weighted by molar-refractivity contribution is 5.47. The van der Waals surface area contributed by atoms with Crippen molar-refractivity contribution >= 4 is 5.69 Å². The van der Waals surface area contributed by atoms with Crippen molar-refractivity contribution in [3.63, 3.8) is 0 Å². The Morgan fingerprint density at radius 2 is 1.72 bits per heavy atom. The summed E-state index contributed by atoms with van der Waals surface area (Å²) in [7, 11) is 0. The molecule has 1 nitrogen and oxygen atoms in total. The Kier molecular flexibility index (Phi) is 3.60. The molecule has 1 aliphatic rings. The van der Waals surface area contributed by atoms with Gasteiger partial charge in [-0.2, -0.15) is 0 Å². The Morgan fingerprint density at radius 1 is 1.11 bits per heavy atom. The molecule has 0 bridgehead atoms. The van der Waals surface area contributed by atoms with Gasteiger partial charge in [-0.1, -0.05) is 13.8 Å². The van der Waals surface area contributed by atoms with Crippen molar-refractivity contribution in [3.8, 4) is 0 Å². The van der Waals surface area contributed by atoms with E-state index < -0.39 is 0 Å². The van der Waals surface area contributed by atoms with Gasteiger partial charge >= 0.3 is 0 Å². The number of halogens is 2. The number of nitrogens with one attached hydrogen (secondary N) is 1. The monoisotopic (exact) mass is 253 g/mol. The summed E-state index contributed by atoms with van der Waals surface area (Å²) in [6.07, 6.45) is 4.28. The number of hydrogen-bond donors (Lipinski definition) is 1. The molecule has 1 N–H and O–H groups in total. The summed E-state index contributed by atoms with van der Waals surface area (Å²) >= 11 is 0. The molecule has 1 fully saturated rings. The Labute approximate surface area is 108 Å². The minimum absolute atomic E-state index is 0.259. The highest BCUT2D eigenvalue weighted by atomic mass is 19.1. The van der Waals surface area contributed by atoms with Crippen LogP contribution in [0.5, 0.6) is 0 Å². The van der Waals surface area contributed by atoms with E-state index in [4.69, 9.17) is 0 Å². The zero-order chi connectivity index (χ0) is 13.3. The molecule has 0 aromatic heterocycles. The van der Waals surface area contributed by atoms with E-state index in [1.54, 1.807) is 6.92 Å². The molecule has 0 radical (unpaired) electrons. The van der Waals surface area contributed by atoms with E-state index in [1.165, 1.54) is 12.1 Å². The van der Waals surface area contributed by atoms with E-state index >= 15 is 0 Å². The molecule has 1 aromatic carbocycles. The topological polar surface area (TPSA) is 12.0 Å². The predicted octanol–water partition coefficient (Wildman–Crippen LogP) is 4.65. The standard InChI is InChI=1S/C15H21F2N/c1-10-8-13(17)14(9-12(10)16)18-11-4-6-15(2,3)7-5-11/h8-9,11,18H,4-7H2,1-3H3. The van der Waals surface area contributed by atoms with Crippen molar-refractivity contribution < 1.29 is 8.78 Å². The molecule has 3 heteroatoms. The molecule has 0 amide bonds. The lowest BCUT2D eigenvalue weighted by atomic mass is 9.75. The van der Waals surface area contributed by atoms with Crippen molar-refractivity contribution in [2.75, 3.05) is 5.32 Å². The van der Waals surface area contributed by atoms with E-state index in [1.807, 2.05) is 0 Å². The molecule has 0 aliphatic heterocycles. The van der Waals surface area contributed by atoms with Crippen molar-refractivity contribution in [1.82, 2.24) is 0 Å². The van der Waals surface area contributed by atoms with Gasteiger partial charge in [0.05, 0.1) is 5.69 Å². The average Bonchev–Trinajstić information content (AvgIpc) is 2.28. The maximum absolute atomic E-state index is 13.7. The van der Waals surface area contributed by atoms with Gasteiger partial charge in [0.25, 0.3) is 0 Å². The van der Waals surface area contributed by atoms with Crippen molar-refractivity contribution in [2.24, 2.45) is 5.41 Å². The van der Waals surface area contributed by atoms with Crippen LogP contribution in [0.1, 0.15) is 45.1 Å². The molecule has 1 saturated carbocycles. The number of aryl methyl sites for hydroxylation is 1. The second-order valence-electron chi connectivity index (χ2n) is 6.16. The molecular formula is C15H21F2N. The minimum Gasteiger partial charge on any atom is -0.380 e. The van der Waals surface area contributed by atoms with Gasteiger partial charge in [0, 0.05) is 12.1 Å². The van der Waals surface area contributed by atoms with Crippen LogP contribution in [0, 0.1) is 24.0 Å². The number of anilines is 1. The molecule has 0 saturated heterocycles. The van der Waals surface area contributed by atoms with Crippen LogP contribution in [0.25, 0.3) is 0 Å². The third-order valence-corrected chi connectivity index (χ3v) is 3.95. The average molecular weight is 253 g/mol. The fraction of sp³-hybridized carbons (Fsp3) is 0.600. The smallest absolute Gasteiger partial charge is 0.146 e. The maximum atomic E-state index is 13.7. The van der Waals surface area contributed by atoms with Crippen LogP contribution in [0.3, 0.4) is 0 Å². The summed E-state index contributed by atoms with van der Waals surface area (Å²) in [6, 6.07) is 2.78. The van der Waals surface area contributed by atoms with Crippen molar-refractivity contribution in [3.05, 3.63) is 29.3 Å². The van der Waals surface area contributed by atoms with Gasteiger partial charge in [-0.3, -0.25) is 0 Å². The minimum atomic E-state index is -0.362. The summed E-state index contributed by atoms with van der Waals surface area (Å²) in [5, 5.41) is 3.14. The van der Waals surface area contributed by atoms with Crippen LogP contribution in [-0.4, -0.2) is 6.04 Å². The fourth-order valence-corrected chi connectivity index (χ4v) is 2.52. The van der Waals surface area contributed by atoms with Gasteiger partial charge in [-0.25, -0.2) is 8.78 Å². The van der Waals surface area contributed by atoms with Gasteiger partial charge in [0.2, 0.25) is 0 Å². The van der Waals surface area contributed by atoms with Gasteiger partial charge in [0.1, 0.15) is 11.6 Å². The van der Waals surface area contributed by atoms with E-state index in [-0.39, 0.29) is 17.7 Å². The Bertz CT molecular complexity index is 430. The number of benzene rings is 1. The fourth-order valence-electron chi connectivity index (χ4n) is 2.52. The molecular weight excluding hydrogens is 232 g/mol. The second-order valence-corrected chi connectivity index (χ2v) is 6.16.